The van der Waals surface area contributed by atoms with E-state index in [1.165, 1.54) is 96.4 Å². The second-order valence-electron chi connectivity index (χ2n) is 9.64. The number of ether oxygens (including phenoxy) is 1. The van der Waals surface area contributed by atoms with Crippen molar-refractivity contribution in [3.63, 3.8) is 0 Å². The van der Waals surface area contributed by atoms with Gasteiger partial charge >= 0.3 is 5.97 Å². The predicted octanol–water partition coefficient (Wildman–Crippen LogP) is 8.33. The summed E-state index contributed by atoms with van der Waals surface area (Å²) in [5.41, 5.74) is 0. The van der Waals surface area contributed by atoms with Crippen LogP contribution >= 0.6 is 0 Å². The Morgan fingerprint density at radius 3 is 1.90 bits per heavy atom. The summed E-state index contributed by atoms with van der Waals surface area (Å²) in [6, 6.07) is 0. The standard InChI is InChI=1S/C28H55NO2/c1-5-7-9-11-12-17-21-25-31-28(30)24-20-16-13-15-19-23-27(26-29(3)4)22-18-14-10-8-6-2/h17,21,27H,5-16,18-20,22-26H2,1-4H3/b21-17-. The highest BCUT2D eigenvalue weighted by Gasteiger charge is 2.10. The molecule has 0 heterocycles. The molecule has 1 atom stereocenters. The van der Waals surface area contributed by atoms with Gasteiger partial charge in [-0.15, -0.1) is 0 Å². The monoisotopic (exact) mass is 437 g/mol. The Hall–Kier alpha value is -0.830. The zero-order valence-corrected chi connectivity index (χ0v) is 21.6. The van der Waals surface area contributed by atoms with E-state index in [1.54, 1.807) is 0 Å². The number of carbonyl (C=O) groups excluding carboxylic acids is 1. The van der Waals surface area contributed by atoms with Gasteiger partial charge in [0.05, 0.1) is 0 Å². The fourth-order valence-corrected chi connectivity index (χ4v) is 4.20. The van der Waals surface area contributed by atoms with Gasteiger partial charge in [0.2, 0.25) is 0 Å². The van der Waals surface area contributed by atoms with Gasteiger partial charge in [0.15, 0.2) is 0 Å². The lowest BCUT2D eigenvalue weighted by Crippen LogP contribution is -2.21. The van der Waals surface area contributed by atoms with Crippen molar-refractivity contribution in [1.29, 1.82) is 0 Å². The second-order valence-corrected chi connectivity index (χ2v) is 9.64. The molecular formula is C28H55NO2. The molecule has 0 N–H and O–H groups in total. The topological polar surface area (TPSA) is 29.5 Å². The molecule has 0 aromatic rings. The molecule has 3 nitrogen and oxygen atoms in total. The molecule has 0 radical (unpaired) electrons. The van der Waals surface area contributed by atoms with Gasteiger partial charge in [-0.1, -0.05) is 103 Å². The normalized spacial score (nSPS) is 12.7. The van der Waals surface area contributed by atoms with Gasteiger partial charge in [0, 0.05) is 13.0 Å². The van der Waals surface area contributed by atoms with Crippen LogP contribution in [0, 0.1) is 5.92 Å². The van der Waals surface area contributed by atoms with Crippen LogP contribution in [0.1, 0.15) is 129 Å². The maximum atomic E-state index is 11.8. The number of allylic oxidation sites excluding steroid dienone is 1. The van der Waals surface area contributed by atoms with E-state index in [0.717, 1.165) is 25.2 Å². The lowest BCUT2D eigenvalue weighted by atomic mass is 9.94. The van der Waals surface area contributed by atoms with Crippen molar-refractivity contribution in [3.8, 4) is 0 Å². The number of nitrogens with zero attached hydrogens (tertiary/aromatic N) is 1. The number of carbonyl (C=O) groups is 1. The van der Waals surface area contributed by atoms with Crippen molar-refractivity contribution in [2.75, 3.05) is 27.2 Å². The third kappa shape index (κ3) is 23.7. The predicted molar refractivity (Wildman–Crippen MR) is 137 cm³/mol. The summed E-state index contributed by atoms with van der Waals surface area (Å²) in [7, 11) is 4.40. The molecule has 0 saturated heterocycles. The summed E-state index contributed by atoms with van der Waals surface area (Å²) >= 11 is 0. The molecule has 0 amide bonds. The van der Waals surface area contributed by atoms with Crippen LogP contribution in [0.4, 0.5) is 0 Å². The first kappa shape index (κ1) is 30.2. The van der Waals surface area contributed by atoms with E-state index < -0.39 is 0 Å². The molecule has 0 aromatic carbocycles. The average molecular weight is 438 g/mol. The molecule has 0 bridgehead atoms. The van der Waals surface area contributed by atoms with E-state index in [9.17, 15) is 4.79 Å². The van der Waals surface area contributed by atoms with E-state index in [2.05, 4.69) is 38.9 Å². The van der Waals surface area contributed by atoms with Gasteiger partial charge < -0.3 is 9.64 Å². The van der Waals surface area contributed by atoms with Gasteiger partial charge in [-0.25, -0.2) is 0 Å². The van der Waals surface area contributed by atoms with Crippen LogP contribution in [0.15, 0.2) is 12.2 Å². The molecule has 0 aromatic heterocycles. The first-order chi connectivity index (χ1) is 15.1. The lowest BCUT2D eigenvalue weighted by Gasteiger charge is -2.21. The molecule has 0 spiro atoms. The smallest absolute Gasteiger partial charge is 0.306 e. The lowest BCUT2D eigenvalue weighted by molar-refractivity contribution is -0.142. The quantitative estimate of drug-likeness (QED) is 0.0914. The van der Waals surface area contributed by atoms with Crippen LogP contribution in [-0.4, -0.2) is 38.1 Å². The van der Waals surface area contributed by atoms with Crippen molar-refractivity contribution < 1.29 is 9.53 Å². The Morgan fingerprint density at radius 2 is 1.29 bits per heavy atom. The number of hydrogen-bond donors (Lipinski definition) is 0. The number of unbranched alkanes of at least 4 members (excludes halogenated alkanes) is 12. The zero-order valence-electron chi connectivity index (χ0n) is 21.6. The highest BCUT2D eigenvalue weighted by molar-refractivity contribution is 5.69. The third-order valence-corrected chi connectivity index (χ3v) is 6.06. The molecule has 0 aliphatic heterocycles. The first-order valence-corrected chi connectivity index (χ1v) is 13.5. The summed E-state index contributed by atoms with van der Waals surface area (Å²) in [5, 5.41) is 0. The minimum absolute atomic E-state index is 0.0373. The SMILES string of the molecule is CCCCCC/C=C\COC(=O)CCCCCCCC(CCCCCCC)CN(C)C. The van der Waals surface area contributed by atoms with Gasteiger partial charge in [0.25, 0.3) is 0 Å². The van der Waals surface area contributed by atoms with Gasteiger partial charge in [0.1, 0.15) is 6.61 Å². The van der Waals surface area contributed by atoms with Crippen molar-refractivity contribution in [2.24, 2.45) is 5.92 Å². The van der Waals surface area contributed by atoms with E-state index in [4.69, 9.17) is 4.74 Å². The molecule has 0 fully saturated rings. The van der Waals surface area contributed by atoms with E-state index in [0.29, 0.717) is 13.0 Å². The molecule has 0 aliphatic rings. The molecule has 1 unspecified atom stereocenters. The van der Waals surface area contributed by atoms with Crippen LogP contribution < -0.4 is 0 Å². The number of hydrogen-bond acceptors (Lipinski definition) is 3. The summed E-state index contributed by atoms with van der Waals surface area (Å²) in [6.45, 7) is 6.19. The Bertz CT molecular complexity index is 406. The van der Waals surface area contributed by atoms with Crippen LogP contribution in [0.5, 0.6) is 0 Å². The summed E-state index contributed by atoms with van der Waals surface area (Å²) < 4.78 is 5.30. The Kier molecular flexibility index (Phi) is 23.2. The number of esters is 1. The van der Waals surface area contributed by atoms with Crippen LogP contribution in [-0.2, 0) is 9.53 Å². The average Bonchev–Trinajstić information content (AvgIpc) is 2.74. The minimum atomic E-state index is -0.0373. The van der Waals surface area contributed by atoms with E-state index in [-0.39, 0.29) is 5.97 Å². The van der Waals surface area contributed by atoms with Gasteiger partial charge in [-0.05, 0) is 52.1 Å². The fraction of sp³-hybridized carbons (Fsp3) is 0.893. The summed E-state index contributed by atoms with van der Waals surface area (Å²) in [5.74, 6) is 0.816. The molecule has 0 saturated carbocycles. The minimum Gasteiger partial charge on any atom is -0.461 e. The fourth-order valence-electron chi connectivity index (χ4n) is 4.20. The van der Waals surface area contributed by atoms with E-state index in [1.807, 2.05) is 6.08 Å². The Labute approximate surface area is 195 Å². The maximum absolute atomic E-state index is 11.8. The maximum Gasteiger partial charge on any atom is 0.306 e. The largest absolute Gasteiger partial charge is 0.461 e. The Balaban J connectivity index is 3.62. The summed E-state index contributed by atoms with van der Waals surface area (Å²) in [6.07, 6.45) is 26.6. The summed E-state index contributed by atoms with van der Waals surface area (Å²) in [4.78, 5) is 14.2. The van der Waals surface area contributed by atoms with Crippen LogP contribution in [0.3, 0.4) is 0 Å². The number of rotatable bonds is 23. The highest BCUT2D eigenvalue weighted by Crippen LogP contribution is 2.19. The highest BCUT2D eigenvalue weighted by atomic mass is 16.5. The van der Waals surface area contributed by atoms with Gasteiger partial charge in [-0.3, -0.25) is 4.79 Å². The Morgan fingerprint density at radius 1 is 0.742 bits per heavy atom. The molecule has 184 valence electrons. The molecule has 3 heteroatoms. The van der Waals surface area contributed by atoms with Crippen LogP contribution in [0.2, 0.25) is 0 Å². The van der Waals surface area contributed by atoms with E-state index >= 15 is 0 Å². The zero-order chi connectivity index (χ0) is 23.0. The first-order valence-electron chi connectivity index (χ1n) is 13.5. The van der Waals surface area contributed by atoms with Crippen molar-refractivity contribution in [3.05, 3.63) is 12.2 Å². The molecule has 0 aliphatic carbocycles. The molecule has 0 rings (SSSR count). The second kappa shape index (κ2) is 23.8. The molecule has 31 heavy (non-hydrogen) atoms. The van der Waals surface area contributed by atoms with Crippen molar-refractivity contribution >= 4 is 5.97 Å². The third-order valence-electron chi connectivity index (χ3n) is 6.06. The molecular weight excluding hydrogens is 382 g/mol. The van der Waals surface area contributed by atoms with Crippen molar-refractivity contribution in [1.82, 2.24) is 4.90 Å². The van der Waals surface area contributed by atoms with Crippen molar-refractivity contribution in [2.45, 2.75) is 129 Å². The van der Waals surface area contributed by atoms with Gasteiger partial charge in [-0.2, -0.15) is 0 Å². The van der Waals surface area contributed by atoms with Crippen LogP contribution in [0.25, 0.3) is 0 Å².